The summed E-state index contributed by atoms with van der Waals surface area (Å²) in [6.45, 7) is 3.03. The minimum atomic E-state index is -0.349. The van der Waals surface area contributed by atoms with E-state index in [1.165, 1.54) is 0 Å². The molecule has 116 valence electrons. The molecule has 0 aromatic heterocycles. The van der Waals surface area contributed by atoms with E-state index in [-0.39, 0.29) is 11.9 Å². The molecule has 1 amide bonds. The van der Waals surface area contributed by atoms with Crippen LogP contribution in [0.1, 0.15) is 18.1 Å². The van der Waals surface area contributed by atoms with E-state index in [1.54, 1.807) is 6.92 Å². The number of hydrogen-bond acceptors (Lipinski definition) is 3. The number of amides is 1. The molecule has 5 heteroatoms. The van der Waals surface area contributed by atoms with Gasteiger partial charge >= 0.3 is 0 Å². The minimum absolute atomic E-state index is 0.335. The van der Waals surface area contributed by atoms with Gasteiger partial charge in [-0.05, 0) is 36.2 Å². The van der Waals surface area contributed by atoms with Gasteiger partial charge in [0.05, 0.1) is 6.04 Å². The van der Waals surface area contributed by atoms with E-state index in [0.717, 1.165) is 21.8 Å². The van der Waals surface area contributed by atoms with Crippen LogP contribution in [-0.4, -0.2) is 11.9 Å². The van der Waals surface area contributed by atoms with Gasteiger partial charge in [0.2, 0.25) is 5.91 Å². The molecule has 0 bridgehead atoms. The van der Waals surface area contributed by atoms with Crippen molar-refractivity contribution in [3.8, 4) is 0 Å². The lowest BCUT2D eigenvalue weighted by Crippen LogP contribution is -2.38. The van der Waals surface area contributed by atoms with Crippen LogP contribution < -0.4 is 16.4 Å². The highest BCUT2D eigenvalue weighted by Crippen LogP contribution is 2.17. The first-order valence-electron chi connectivity index (χ1n) is 7.15. The van der Waals surface area contributed by atoms with Crippen molar-refractivity contribution in [3.05, 3.63) is 64.7 Å². The number of carbonyl (C=O) groups is 1. The van der Waals surface area contributed by atoms with Crippen molar-refractivity contribution in [2.75, 3.05) is 5.32 Å². The topological polar surface area (TPSA) is 67.2 Å². The van der Waals surface area contributed by atoms with Crippen LogP contribution in [0.15, 0.2) is 48.5 Å². The molecule has 0 saturated carbocycles. The van der Waals surface area contributed by atoms with Crippen LogP contribution in [0.5, 0.6) is 0 Å². The summed E-state index contributed by atoms with van der Waals surface area (Å²) >= 11 is 6.13. The summed E-state index contributed by atoms with van der Waals surface area (Å²) in [5, 5.41) is 7.16. The van der Waals surface area contributed by atoms with Gasteiger partial charge in [0.25, 0.3) is 0 Å². The third-order valence-electron chi connectivity index (χ3n) is 3.43. The Bertz CT molecular complexity index is 628. The van der Waals surface area contributed by atoms with E-state index >= 15 is 0 Å². The molecule has 0 spiro atoms. The van der Waals surface area contributed by atoms with Crippen LogP contribution in [0.3, 0.4) is 0 Å². The number of anilines is 1. The molecule has 4 N–H and O–H groups in total. The molecule has 22 heavy (non-hydrogen) atoms. The van der Waals surface area contributed by atoms with Gasteiger partial charge in [-0.15, -0.1) is 0 Å². The third-order valence-corrected chi connectivity index (χ3v) is 3.80. The highest BCUT2D eigenvalue weighted by molar-refractivity contribution is 6.31. The molecule has 0 fully saturated rings. The van der Waals surface area contributed by atoms with Crippen molar-refractivity contribution in [2.45, 2.75) is 26.1 Å². The van der Waals surface area contributed by atoms with Crippen molar-refractivity contribution in [3.63, 3.8) is 0 Å². The van der Waals surface area contributed by atoms with Crippen LogP contribution >= 0.6 is 11.6 Å². The van der Waals surface area contributed by atoms with Crippen molar-refractivity contribution in [1.82, 2.24) is 5.32 Å². The minimum Gasteiger partial charge on any atom is -0.381 e. The van der Waals surface area contributed by atoms with E-state index in [9.17, 15) is 4.79 Å². The summed E-state index contributed by atoms with van der Waals surface area (Å²) in [5.41, 5.74) is 8.38. The fourth-order valence-corrected chi connectivity index (χ4v) is 2.15. The Morgan fingerprint density at radius 2 is 1.82 bits per heavy atom. The van der Waals surface area contributed by atoms with E-state index in [0.29, 0.717) is 13.1 Å². The summed E-state index contributed by atoms with van der Waals surface area (Å²) in [4.78, 5) is 11.0. The van der Waals surface area contributed by atoms with E-state index in [1.807, 2.05) is 48.5 Å². The van der Waals surface area contributed by atoms with Gasteiger partial charge in [0.1, 0.15) is 0 Å². The standard InChI is InChI=1S/C17H20ClN3O/c1-12(17(19)22)20-10-13-6-8-15(9-7-13)21-11-14-4-2-3-5-16(14)18/h2-9,12,20-21H,10-11H2,1H3,(H2,19,22). The van der Waals surface area contributed by atoms with Crippen LogP contribution in [0.25, 0.3) is 0 Å². The first kappa shape index (κ1) is 16.3. The zero-order valence-electron chi connectivity index (χ0n) is 12.5. The largest absolute Gasteiger partial charge is 0.381 e. The summed E-state index contributed by atoms with van der Waals surface area (Å²) in [7, 11) is 0. The molecule has 2 aromatic carbocycles. The number of nitrogens with one attached hydrogen (secondary N) is 2. The monoisotopic (exact) mass is 317 g/mol. The SMILES string of the molecule is CC(NCc1ccc(NCc2ccccc2Cl)cc1)C(N)=O. The fraction of sp³-hybridized carbons (Fsp3) is 0.235. The lowest BCUT2D eigenvalue weighted by atomic mass is 10.1. The lowest BCUT2D eigenvalue weighted by molar-refractivity contribution is -0.119. The predicted octanol–water partition coefficient (Wildman–Crippen LogP) is 2.92. The predicted molar refractivity (Wildman–Crippen MR) is 90.7 cm³/mol. The molecule has 1 unspecified atom stereocenters. The maximum atomic E-state index is 11.0. The molecule has 0 saturated heterocycles. The van der Waals surface area contributed by atoms with Gasteiger partial charge in [-0.3, -0.25) is 4.79 Å². The molecular formula is C17H20ClN3O. The molecule has 0 aliphatic carbocycles. The van der Waals surface area contributed by atoms with Crippen molar-refractivity contribution in [1.29, 1.82) is 0 Å². The zero-order valence-corrected chi connectivity index (χ0v) is 13.2. The van der Waals surface area contributed by atoms with Gasteiger partial charge < -0.3 is 16.4 Å². The molecule has 1 atom stereocenters. The second kappa shape index (κ2) is 7.82. The molecule has 2 aromatic rings. The Balaban J connectivity index is 1.87. The highest BCUT2D eigenvalue weighted by atomic mass is 35.5. The van der Waals surface area contributed by atoms with Gasteiger partial charge in [0.15, 0.2) is 0 Å². The number of primary amides is 1. The summed E-state index contributed by atoms with van der Waals surface area (Å²) in [6.07, 6.45) is 0. The second-order valence-corrected chi connectivity index (χ2v) is 5.55. The van der Waals surface area contributed by atoms with Gasteiger partial charge in [-0.2, -0.15) is 0 Å². The Morgan fingerprint density at radius 3 is 2.45 bits per heavy atom. The molecule has 0 heterocycles. The zero-order chi connectivity index (χ0) is 15.9. The summed E-state index contributed by atoms with van der Waals surface area (Å²) < 4.78 is 0. The van der Waals surface area contributed by atoms with Crippen LogP contribution in [0, 0.1) is 0 Å². The number of hydrogen-bond donors (Lipinski definition) is 3. The second-order valence-electron chi connectivity index (χ2n) is 5.15. The number of benzene rings is 2. The quantitative estimate of drug-likeness (QED) is 0.735. The first-order chi connectivity index (χ1) is 10.6. The normalized spacial score (nSPS) is 11.9. The van der Waals surface area contributed by atoms with Crippen molar-refractivity contribution < 1.29 is 4.79 Å². The number of carbonyl (C=O) groups excluding carboxylic acids is 1. The maximum absolute atomic E-state index is 11.0. The molecule has 0 radical (unpaired) electrons. The van der Waals surface area contributed by atoms with E-state index in [4.69, 9.17) is 17.3 Å². The molecule has 0 aliphatic rings. The Labute approximate surface area is 135 Å². The van der Waals surface area contributed by atoms with Crippen molar-refractivity contribution >= 4 is 23.2 Å². The van der Waals surface area contributed by atoms with Gasteiger partial charge in [-0.25, -0.2) is 0 Å². The third kappa shape index (κ3) is 4.76. The van der Waals surface area contributed by atoms with Crippen LogP contribution in [0.2, 0.25) is 5.02 Å². The van der Waals surface area contributed by atoms with Crippen molar-refractivity contribution in [2.24, 2.45) is 5.73 Å². The molecule has 0 aliphatic heterocycles. The summed E-state index contributed by atoms with van der Waals surface area (Å²) in [6, 6.07) is 15.5. The molecule has 2 rings (SSSR count). The highest BCUT2D eigenvalue weighted by Gasteiger charge is 2.06. The van der Waals surface area contributed by atoms with Crippen LogP contribution in [0.4, 0.5) is 5.69 Å². The Morgan fingerprint density at radius 1 is 1.14 bits per heavy atom. The Hall–Kier alpha value is -2.04. The average Bonchev–Trinajstić information content (AvgIpc) is 2.52. The number of nitrogens with two attached hydrogens (primary N) is 1. The van der Waals surface area contributed by atoms with Gasteiger partial charge in [-0.1, -0.05) is 41.9 Å². The van der Waals surface area contributed by atoms with Crippen LogP contribution in [-0.2, 0) is 17.9 Å². The first-order valence-corrected chi connectivity index (χ1v) is 7.53. The van der Waals surface area contributed by atoms with E-state index in [2.05, 4.69) is 10.6 Å². The smallest absolute Gasteiger partial charge is 0.234 e. The number of halogens is 1. The fourth-order valence-electron chi connectivity index (χ4n) is 1.95. The molecule has 4 nitrogen and oxygen atoms in total. The van der Waals surface area contributed by atoms with Gasteiger partial charge in [0, 0.05) is 23.8 Å². The molecular weight excluding hydrogens is 298 g/mol. The average molecular weight is 318 g/mol. The maximum Gasteiger partial charge on any atom is 0.234 e. The van der Waals surface area contributed by atoms with E-state index < -0.39 is 0 Å². The Kier molecular flexibility index (Phi) is 5.81. The number of rotatable bonds is 7. The summed E-state index contributed by atoms with van der Waals surface area (Å²) in [5.74, 6) is -0.349. The lowest BCUT2D eigenvalue weighted by Gasteiger charge is -2.11.